The lowest BCUT2D eigenvalue weighted by Crippen LogP contribution is -2.19. The molecule has 1 atom stereocenters. The van der Waals surface area contributed by atoms with Crippen LogP contribution in [-0.2, 0) is 13.2 Å². The summed E-state index contributed by atoms with van der Waals surface area (Å²) in [5, 5.41) is 2.95. The van der Waals surface area contributed by atoms with E-state index >= 15 is 0 Å². The van der Waals surface area contributed by atoms with E-state index in [0.717, 1.165) is 17.8 Å². The van der Waals surface area contributed by atoms with E-state index in [1.807, 2.05) is 37.4 Å². The molecule has 0 aliphatic carbocycles. The van der Waals surface area contributed by atoms with Crippen LogP contribution in [0.15, 0.2) is 55.0 Å². The van der Waals surface area contributed by atoms with Crippen LogP contribution in [0.25, 0.3) is 0 Å². The highest BCUT2D eigenvalue weighted by atomic mass is 19.4. The van der Waals surface area contributed by atoms with Crippen molar-refractivity contribution in [2.75, 3.05) is 5.32 Å². The lowest BCUT2D eigenvalue weighted by atomic mass is 10.1. The predicted molar refractivity (Wildman–Crippen MR) is 82.1 cm³/mol. The number of aromatic nitrogens is 4. The molecular formula is C16H14F3N5. The summed E-state index contributed by atoms with van der Waals surface area (Å²) in [5.41, 5.74) is -0.153. The summed E-state index contributed by atoms with van der Waals surface area (Å²) in [5.74, 6) is 0.531. The number of imidazole rings is 1. The average Bonchev–Trinajstić information content (AvgIpc) is 2.99. The maximum absolute atomic E-state index is 12.8. The van der Waals surface area contributed by atoms with Gasteiger partial charge >= 0.3 is 6.18 Å². The van der Waals surface area contributed by atoms with Gasteiger partial charge in [-0.1, -0.05) is 30.3 Å². The number of halogens is 3. The fourth-order valence-corrected chi connectivity index (χ4v) is 2.31. The summed E-state index contributed by atoms with van der Waals surface area (Å²) in [4.78, 5) is 11.7. The zero-order chi connectivity index (χ0) is 17.2. The standard InChI is InChI=1S/C16H14F3N5/c1-24-10-9-20-14(24)13(11-5-3-2-4-6-11)23-15-21-8-7-12(22-15)16(17,18)19/h2-10,13H,1H3,(H,21,22,23). The summed E-state index contributed by atoms with van der Waals surface area (Å²) < 4.78 is 40.3. The first kappa shape index (κ1) is 16.0. The fourth-order valence-electron chi connectivity index (χ4n) is 2.31. The normalized spacial score (nSPS) is 12.8. The smallest absolute Gasteiger partial charge is 0.340 e. The van der Waals surface area contributed by atoms with Crippen molar-refractivity contribution in [2.24, 2.45) is 7.05 Å². The van der Waals surface area contributed by atoms with E-state index in [0.29, 0.717) is 5.82 Å². The lowest BCUT2D eigenvalue weighted by molar-refractivity contribution is -0.141. The van der Waals surface area contributed by atoms with Gasteiger partial charge in [0.25, 0.3) is 0 Å². The average molecular weight is 333 g/mol. The highest BCUT2D eigenvalue weighted by Gasteiger charge is 2.33. The van der Waals surface area contributed by atoms with Gasteiger partial charge in [0.15, 0.2) is 0 Å². The SMILES string of the molecule is Cn1ccnc1C(Nc1nccc(C(F)(F)F)n1)c1ccccc1. The third kappa shape index (κ3) is 3.37. The molecule has 0 aliphatic rings. The second-order valence-corrected chi connectivity index (χ2v) is 5.15. The zero-order valence-corrected chi connectivity index (χ0v) is 12.7. The van der Waals surface area contributed by atoms with Crippen LogP contribution in [0.1, 0.15) is 23.1 Å². The monoisotopic (exact) mass is 333 g/mol. The van der Waals surface area contributed by atoms with Gasteiger partial charge in [-0.15, -0.1) is 0 Å². The summed E-state index contributed by atoms with van der Waals surface area (Å²) in [6, 6.07) is 9.64. The van der Waals surface area contributed by atoms with Gasteiger partial charge in [0, 0.05) is 25.6 Å². The Morgan fingerprint density at radius 1 is 1.04 bits per heavy atom. The molecule has 1 aromatic carbocycles. The van der Waals surface area contributed by atoms with Crippen molar-refractivity contribution in [1.29, 1.82) is 0 Å². The molecule has 0 radical (unpaired) electrons. The minimum Gasteiger partial charge on any atom is -0.340 e. The first-order valence-corrected chi connectivity index (χ1v) is 7.14. The molecule has 2 aromatic heterocycles. The van der Waals surface area contributed by atoms with E-state index in [2.05, 4.69) is 20.3 Å². The van der Waals surface area contributed by atoms with Crippen LogP contribution in [-0.4, -0.2) is 19.5 Å². The van der Waals surface area contributed by atoms with Gasteiger partial charge in [0.05, 0.1) is 0 Å². The van der Waals surface area contributed by atoms with Crippen LogP contribution in [0, 0.1) is 0 Å². The highest BCUT2D eigenvalue weighted by Crippen LogP contribution is 2.29. The Balaban J connectivity index is 1.98. The molecule has 0 saturated heterocycles. The van der Waals surface area contributed by atoms with E-state index in [1.54, 1.807) is 17.0 Å². The van der Waals surface area contributed by atoms with Gasteiger partial charge in [0.2, 0.25) is 5.95 Å². The van der Waals surface area contributed by atoms with E-state index in [9.17, 15) is 13.2 Å². The van der Waals surface area contributed by atoms with Crippen LogP contribution < -0.4 is 5.32 Å². The minimum atomic E-state index is -4.52. The van der Waals surface area contributed by atoms with Crippen molar-refractivity contribution >= 4 is 5.95 Å². The summed E-state index contributed by atoms with van der Waals surface area (Å²) in [6.45, 7) is 0. The predicted octanol–water partition coefficient (Wildman–Crippen LogP) is 3.43. The van der Waals surface area contributed by atoms with Gasteiger partial charge in [-0.2, -0.15) is 13.2 Å². The number of hydrogen-bond donors (Lipinski definition) is 1. The van der Waals surface area contributed by atoms with Crippen LogP contribution >= 0.6 is 0 Å². The van der Waals surface area contributed by atoms with Gasteiger partial charge < -0.3 is 9.88 Å². The Bertz CT molecular complexity index is 814. The van der Waals surface area contributed by atoms with Crippen molar-refractivity contribution in [3.63, 3.8) is 0 Å². The van der Waals surface area contributed by atoms with E-state index in [1.165, 1.54) is 0 Å². The molecule has 24 heavy (non-hydrogen) atoms. The molecule has 0 bridgehead atoms. The van der Waals surface area contributed by atoms with E-state index < -0.39 is 17.9 Å². The molecule has 0 amide bonds. The molecule has 5 nitrogen and oxygen atoms in total. The van der Waals surface area contributed by atoms with Crippen LogP contribution in [0.5, 0.6) is 0 Å². The van der Waals surface area contributed by atoms with Crippen LogP contribution in [0.2, 0.25) is 0 Å². The lowest BCUT2D eigenvalue weighted by Gasteiger charge is -2.19. The fraction of sp³-hybridized carbons (Fsp3) is 0.188. The van der Waals surface area contributed by atoms with Gasteiger partial charge in [-0.3, -0.25) is 0 Å². The third-order valence-electron chi connectivity index (χ3n) is 3.47. The molecule has 0 spiro atoms. The number of nitrogens with one attached hydrogen (secondary N) is 1. The molecule has 0 saturated carbocycles. The molecule has 8 heteroatoms. The number of rotatable bonds is 4. The van der Waals surface area contributed by atoms with Crippen LogP contribution in [0.3, 0.4) is 0 Å². The molecule has 0 aliphatic heterocycles. The number of benzene rings is 1. The quantitative estimate of drug-likeness (QED) is 0.795. The molecular weight excluding hydrogens is 319 g/mol. The van der Waals surface area contributed by atoms with Crippen molar-refractivity contribution in [3.05, 3.63) is 72.1 Å². The van der Waals surface area contributed by atoms with Crippen molar-refractivity contribution in [2.45, 2.75) is 12.2 Å². The van der Waals surface area contributed by atoms with Gasteiger partial charge in [-0.05, 0) is 11.6 Å². The number of alkyl halides is 3. The number of aryl methyl sites for hydroxylation is 1. The summed E-state index contributed by atoms with van der Waals surface area (Å²) >= 11 is 0. The second kappa shape index (κ2) is 6.31. The first-order valence-electron chi connectivity index (χ1n) is 7.14. The minimum absolute atomic E-state index is 0.110. The second-order valence-electron chi connectivity index (χ2n) is 5.15. The van der Waals surface area contributed by atoms with Gasteiger partial charge in [0.1, 0.15) is 17.6 Å². The number of anilines is 1. The van der Waals surface area contributed by atoms with Crippen molar-refractivity contribution < 1.29 is 13.2 Å². The Hall–Kier alpha value is -2.90. The highest BCUT2D eigenvalue weighted by molar-refractivity contribution is 5.37. The molecule has 1 N–H and O–H groups in total. The van der Waals surface area contributed by atoms with Crippen molar-refractivity contribution in [3.8, 4) is 0 Å². The first-order chi connectivity index (χ1) is 11.4. The Morgan fingerprint density at radius 3 is 2.42 bits per heavy atom. The maximum Gasteiger partial charge on any atom is 0.433 e. The van der Waals surface area contributed by atoms with Crippen LogP contribution in [0.4, 0.5) is 19.1 Å². The van der Waals surface area contributed by atoms with Gasteiger partial charge in [-0.25, -0.2) is 15.0 Å². The molecule has 2 heterocycles. The largest absolute Gasteiger partial charge is 0.433 e. The summed E-state index contributed by atoms with van der Waals surface area (Å²) in [7, 11) is 1.81. The maximum atomic E-state index is 12.8. The molecule has 0 fully saturated rings. The number of hydrogen-bond acceptors (Lipinski definition) is 4. The molecule has 124 valence electrons. The third-order valence-corrected chi connectivity index (χ3v) is 3.47. The number of nitrogens with zero attached hydrogens (tertiary/aromatic N) is 4. The summed E-state index contributed by atoms with van der Waals surface area (Å²) in [6.07, 6.45) is -0.0522. The Kier molecular flexibility index (Phi) is 4.20. The molecule has 3 aromatic rings. The molecule has 3 rings (SSSR count). The van der Waals surface area contributed by atoms with E-state index in [-0.39, 0.29) is 5.95 Å². The topological polar surface area (TPSA) is 55.6 Å². The van der Waals surface area contributed by atoms with E-state index in [4.69, 9.17) is 0 Å². The Labute approximate surface area is 136 Å². The molecule has 1 unspecified atom stereocenters. The van der Waals surface area contributed by atoms with Crippen molar-refractivity contribution in [1.82, 2.24) is 19.5 Å². The zero-order valence-electron chi connectivity index (χ0n) is 12.7. The Morgan fingerprint density at radius 2 is 1.79 bits per heavy atom.